The molecule has 1 aliphatic heterocycles. The molecule has 0 spiro atoms. The second kappa shape index (κ2) is 9.33. The third-order valence-electron chi connectivity index (χ3n) is 5.95. The zero-order valence-electron chi connectivity index (χ0n) is 19.4. The van der Waals surface area contributed by atoms with E-state index >= 15 is 0 Å². The van der Waals surface area contributed by atoms with E-state index in [1.165, 1.54) is 4.90 Å². The molecule has 0 atom stereocenters. The van der Waals surface area contributed by atoms with Gasteiger partial charge in [0.05, 0.1) is 18.7 Å². The highest BCUT2D eigenvalue weighted by molar-refractivity contribution is 6.36. The molecule has 0 fully saturated rings. The number of rotatable bonds is 7. The van der Waals surface area contributed by atoms with E-state index < -0.39 is 0 Å². The van der Waals surface area contributed by atoms with Crippen molar-refractivity contribution >= 4 is 23.1 Å². The standard InChI is InChI=1S/C28H28N2O3/c1-5-33-23-15-13-22(14-16-23)25-26(29-24-8-6-7-19(3)20(24)4)28(32)30(27(25)31)17-21-11-9-18(2)10-12-21/h6-16,29H,5,17H2,1-4H3. The van der Waals surface area contributed by atoms with Crippen LogP contribution in [0.15, 0.2) is 72.4 Å². The lowest BCUT2D eigenvalue weighted by Crippen LogP contribution is -2.32. The number of amides is 2. The van der Waals surface area contributed by atoms with Crippen LogP contribution in [-0.4, -0.2) is 23.3 Å². The maximum Gasteiger partial charge on any atom is 0.278 e. The number of benzene rings is 3. The lowest BCUT2D eigenvalue weighted by Gasteiger charge is -2.16. The monoisotopic (exact) mass is 440 g/mol. The van der Waals surface area contributed by atoms with Gasteiger partial charge < -0.3 is 10.1 Å². The van der Waals surface area contributed by atoms with Gasteiger partial charge in [0.1, 0.15) is 11.4 Å². The molecule has 0 bridgehead atoms. The highest BCUT2D eigenvalue weighted by atomic mass is 16.5. The lowest BCUT2D eigenvalue weighted by atomic mass is 10.0. The second-order valence-electron chi connectivity index (χ2n) is 8.26. The summed E-state index contributed by atoms with van der Waals surface area (Å²) in [5.74, 6) is 0.0853. The van der Waals surface area contributed by atoms with Crippen molar-refractivity contribution in [3.05, 3.63) is 100 Å². The quantitative estimate of drug-likeness (QED) is 0.500. The van der Waals surface area contributed by atoms with Crippen molar-refractivity contribution in [3.8, 4) is 5.75 Å². The fourth-order valence-corrected chi connectivity index (χ4v) is 3.89. The molecular weight excluding hydrogens is 412 g/mol. The Balaban J connectivity index is 1.74. The lowest BCUT2D eigenvalue weighted by molar-refractivity contribution is -0.137. The molecule has 1 N–H and O–H groups in total. The van der Waals surface area contributed by atoms with Crippen molar-refractivity contribution in [2.24, 2.45) is 0 Å². The van der Waals surface area contributed by atoms with E-state index in [0.29, 0.717) is 23.4 Å². The minimum Gasteiger partial charge on any atom is -0.494 e. The summed E-state index contributed by atoms with van der Waals surface area (Å²) in [6, 6.07) is 21.0. The highest BCUT2D eigenvalue weighted by Gasteiger charge is 2.39. The number of imide groups is 1. The molecule has 1 heterocycles. The number of carbonyl (C=O) groups excluding carboxylic acids is 2. The Bertz CT molecular complexity index is 1230. The molecule has 33 heavy (non-hydrogen) atoms. The van der Waals surface area contributed by atoms with Gasteiger partial charge in [-0.15, -0.1) is 0 Å². The zero-order chi connectivity index (χ0) is 23.5. The molecule has 0 saturated heterocycles. The van der Waals surface area contributed by atoms with Crippen LogP contribution in [-0.2, 0) is 16.1 Å². The van der Waals surface area contributed by atoms with Crippen molar-refractivity contribution in [1.82, 2.24) is 4.90 Å². The first-order valence-corrected chi connectivity index (χ1v) is 11.1. The summed E-state index contributed by atoms with van der Waals surface area (Å²) < 4.78 is 5.54. The molecule has 1 aliphatic rings. The molecule has 0 radical (unpaired) electrons. The molecule has 4 rings (SSSR count). The summed E-state index contributed by atoms with van der Waals surface area (Å²) in [6.07, 6.45) is 0. The van der Waals surface area contributed by atoms with E-state index in [2.05, 4.69) is 5.32 Å². The normalized spacial score (nSPS) is 13.6. The van der Waals surface area contributed by atoms with Gasteiger partial charge in [0.15, 0.2) is 0 Å². The Morgan fingerprint density at radius 1 is 0.848 bits per heavy atom. The summed E-state index contributed by atoms with van der Waals surface area (Å²) in [5.41, 5.74) is 6.33. The molecule has 3 aromatic carbocycles. The summed E-state index contributed by atoms with van der Waals surface area (Å²) in [5, 5.41) is 3.28. The Kier molecular flexibility index (Phi) is 6.31. The van der Waals surface area contributed by atoms with E-state index in [1.807, 2.05) is 94.4 Å². The average Bonchev–Trinajstić information content (AvgIpc) is 3.03. The number of hydrogen-bond acceptors (Lipinski definition) is 4. The predicted molar refractivity (Wildman–Crippen MR) is 131 cm³/mol. The van der Waals surface area contributed by atoms with E-state index in [4.69, 9.17) is 4.74 Å². The van der Waals surface area contributed by atoms with Crippen molar-refractivity contribution in [3.63, 3.8) is 0 Å². The molecule has 3 aromatic rings. The van der Waals surface area contributed by atoms with E-state index in [0.717, 1.165) is 33.7 Å². The molecule has 0 saturated carbocycles. The molecular formula is C28H28N2O3. The predicted octanol–water partition coefficient (Wildman–Crippen LogP) is 5.40. The maximum absolute atomic E-state index is 13.5. The first kappa shape index (κ1) is 22.3. The van der Waals surface area contributed by atoms with Gasteiger partial charge in [-0.1, -0.05) is 54.1 Å². The van der Waals surface area contributed by atoms with E-state index in [-0.39, 0.29) is 18.4 Å². The van der Waals surface area contributed by atoms with E-state index in [9.17, 15) is 9.59 Å². The Morgan fingerprint density at radius 2 is 1.55 bits per heavy atom. The SMILES string of the molecule is CCOc1ccc(C2=C(Nc3cccc(C)c3C)C(=O)N(Cc3ccc(C)cc3)C2=O)cc1. The highest BCUT2D eigenvalue weighted by Crippen LogP contribution is 2.33. The Hall–Kier alpha value is -3.86. The van der Waals surface area contributed by atoms with Crippen LogP contribution in [0.5, 0.6) is 5.75 Å². The first-order chi connectivity index (χ1) is 15.9. The largest absolute Gasteiger partial charge is 0.494 e. The van der Waals surface area contributed by atoms with Gasteiger partial charge in [0, 0.05) is 5.69 Å². The van der Waals surface area contributed by atoms with E-state index in [1.54, 1.807) is 0 Å². The fraction of sp³-hybridized carbons (Fsp3) is 0.214. The maximum atomic E-state index is 13.5. The Labute approximate surface area is 194 Å². The number of anilines is 1. The molecule has 2 amide bonds. The second-order valence-corrected chi connectivity index (χ2v) is 8.26. The van der Waals surface area contributed by atoms with Crippen molar-refractivity contribution in [2.75, 3.05) is 11.9 Å². The van der Waals surface area contributed by atoms with Crippen LogP contribution in [0.2, 0.25) is 0 Å². The van der Waals surface area contributed by atoms with Crippen LogP contribution in [0, 0.1) is 20.8 Å². The minimum atomic E-state index is -0.328. The van der Waals surface area contributed by atoms with Gasteiger partial charge >= 0.3 is 0 Å². The van der Waals surface area contributed by atoms with Gasteiger partial charge in [-0.05, 0) is 68.1 Å². The minimum absolute atomic E-state index is 0.219. The van der Waals surface area contributed by atoms with Crippen LogP contribution < -0.4 is 10.1 Å². The van der Waals surface area contributed by atoms with Crippen molar-refractivity contribution in [2.45, 2.75) is 34.2 Å². The van der Waals surface area contributed by atoms with Crippen LogP contribution >= 0.6 is 0 Å². The van der Waals surface area contributed by atoms with Crippen LogP contribution in [0.4, 0.5) is 5.69 Å². The Morgan fingerprint density at radius 3 is 2.21 bits per heavy atom. The molecule has 0 unspecified atom stereocenters. The number of nitrogens with zero attached hydrogens (tertiary/aromatic N) is 1. The fourth-order valence-electron chi connectivity index (χ4n) is 3.89. The van der Waals surface area contributed by atoms with Gasteiger partial charge in [-0.2, -0.15) is 0 Å². The molecule has 0 aliphatic carbocycles. The first-order valence-electron chi connectivity index (χ1n) is 11.1. The third-order valence-corrected chi connectivity index (χ3v) is 5.95. The van der Waals surface area contributed by atoms with Gasteiger partial charge in [0.25, 0.3) is 11.8 Å². The number of aryl methyl sites for hydroxylation is 2. The van der Waals surface area contributed by atoms with Crippen LogP contribution in [0.25, 0.3) is 5.57 Å². The molecule has 0 aromatic heterocycles. The number of hydrogen-bond donors (Lipinski definition) is 1. The van der Waals surface area contributed by atoms with Gasteiger partial charge in [-0.3, -0.25) is 14.5 Å². The average molecular weight is 441 g/mol. The topological polar surface area (TPSA) is 58.6 Å². The molecule has 5 nitrogen and oxygen atoms in total. The number of nitrogens with one attached hydrogen (secondary N) is 1. The summed E-state index contributed by atoms with van der Waals surface area (Å²) in [7, 11) is 0. The summed E-state index contributed by atoms with van der Waals surface area (Å²) in [4.78, 5) is 28.3. The molecule has 168 valence electrons. The zero-order valence-corrected chi connectivity index (χ0v) is 19.4. The summed E-state index contributed by atoms with van der Waals surface area (Å²) in [6.45, 7) is 8.73. The third kappa shape index (κ3) is 4.53. The molecule has 5 heteroatoms. The van der Waals surface area contributed by atoms with Crippen molar-refractivity contribution < 1.29 is 14.3 Å². The van der Waals surface area contributed by atoms with Crippen molar-refractivity contribution in [1.29, 1.82) is 0 Å². The van der Waals surface area contributed by atoms with Gasteiger partial charge in [0.2, 0.25) is 0 Å². The summed E-state index contributed by atoms with van der Waals surface area (Å²) >= 11 is 0. The number of carbonyl (C=O) groups is 2. The number of ether oxygens (including phenoxy) is 1. The smallest absolute Gasteiger partial charge is 0.278 e. The van der Waals surface area contributed by atoms with Crippen LogP contribution in [0.1, 0.15) is 34.7 Å². The van der Waals surface area contributed by atoms with Crippen LogP contribution in [0.3, 0.4) is 0 Å². The van der Waals surface area contributed by atoms with Gasteiger partial charge in [-0.25, -0.2) is 0 Å².